The smallest absolute Gasteiger partial charge is 0.410 e. The maximum absolute atomic E-state index is 14.7. The van der Waals surface area contributed by atoms with E-state index in [0.29, 0.717) is 38.6 Å². The number of rotatable bonds is 5. The molecule has 4 heterocycles. The maximum Gasteiger partial charge on any atom is 0.410 e. The highest BCUT2D eigenvalue weighted by Crippen LogP contribution is 2.38. The van der Waals surface area contributed by atoms with E-state index in [1.165, 1.54) is 23.1 Å². The highest BCUT2D eigenvalue weighted by molar-refractivity contribution is 6.30. The largest absolute Gasteiger partial charge is 0.446 e. The van der Waals surface area contributed by atoms with E-state index >= 15 is 0 Å². The molecule has 2 aliphatic heterocycles. The minimum absolute atomic E-state index is 0.0233. The van der Waals surface area contributed by atoms with E-state index in [4.69, 9.17) is 21.3 Å². The van der Waals surface area contributed by atoms with Crippen molar-refractivity contribution in [3.63, 3.8) is 0 Å². The number of nitrogens with zero attached hydrogens (tertiary/aromatic N) is 6. The summed E-state index contributed by atoms with van der Waals surface area (Å²) in [4.78, 5) is 44.1. The highest BCUT2D eigenvalue weighted by Gasteiger charge is 2.43. The van der Waals surface area contributed by atoms with Gasteiger partial charge in [-0.3, -0.25) is 19.6 Å². The lowest BCUT2D eigenvalue weighted by Crippen LogP contribution is -2.62. The third-order valence-electron chi connectivity index (χ3n) is 10.7. The molecular weight excluding hydrogens is 612 g/mol. The van der Waals surface area contributed by atoms with Crippen molar-refractivity contribution in [3.05, 3.63) is 82.2 Å². The molecule has 1 saturated carbocycles. The van der Waals surface area contributed by atoms with Crippen LogP contribution in [0.5, 0.6) is 0 Å². The van der Waals surface area contributed by atoms with Crippen molar-refractivity contribution in [2.75, 3.05) is 32.7 Å². The van der Waals surface area contributed by atoms with E-state index in [0.717, 1.165) is 80.7 Å². The first-order chi connectivity index (χ1) is 22.9. The first kappa shape index (κ1) is 32.1. The molecule has 0 N–H and O–H groups in total. The Bertz CT molecular complexity index is 1570. The van der Waals surface area contributed by atoms with Crippen LogP contribution in [-0.2, 0) is 28.9 Å². The third-order valence-corrected chi connectivity index (χ3v) is 10.9. The van der Waals surface area contributed by atoms with Crippen LogP contribution < -0.4 is 0 Å². The van der Waals surface area contributed by atoms with Crippen LogP contribution in [-0.4, -0.2) is 86.1 Å². The van der Waals surface area contributed by atoms with Crippen molar-refractivity contribution in [3.8, 4) is 0 Å². The molecule has 47 heavy (non-hydrogen) atoms. The Morgan fingerprint density at radius 1 is 0.936 bits per heavy atom. The second kappa shape index (κ2) is 14.4. The number of imidazole rings is 1. The number of carbonyl (C=O) groups excluding carboxylic acids is 2. The van der Waals surface area contributed by atoms with E-state index in [1.54, 1.807) is 4.90 Å². The molecule has 1 aromatic carbocycles. The predicted octanol–water partition coefficient (Wildman–Crippen LogP) is 6.21. The van der Waals surface area contributed by atoms with Gasteiger partial charge in [0, 0.05) is 56.7 Å². The van der Waals surface area contributed by atoms with Crippen molar-refractivity contribution in [2.45, 2.75) is 95.9 Å². The van der Waals surface area contributed by atoms with Gasteiger partial charge in [-0.25, -0.2) is 9.78 Å². The monoisotopic (exact) mass is 658 g/mol. The molecule has 0 bridgehead atoms. The summed E-state index contributed by atoms with van der Waals surface area (Å²) in [5.41, 5.74) is 5.65. The number of fused-ring (bicyclic) bond motifs is 2. The van der Waals surface area contributed by atoms with Gasteiger partial charge in [0.2, 0.25) is 5.91 Å². The lowest BCUT2D eigenvalue weighted by atomic mass is 9.95. The summed E-state index contributed by atoms with van der Waals surface area (Å²) >= 11 is 6.49. The third kappa shape index (κ3) is 7.21. The van der Waals surface area contributed by atoms with Gasteiger partial charge in [-0.05, 0) is 99.1 Å². The Morgan fingerprint density at radius 2 is 1.77 bits per heavy atom. The van der Waals surface area contributed by atoms with Crippen LogP contribution in [0.2, 0.25) is 5.02 Å². The fraction of sp³-hybridized carbons (Fsp3) is 0.568. The minimum atomic E-state index is -0.639. The number of piperazine rings is 1. The standard InChI is InChI=1S/C37H47ClN6O3/c1-26-21-41(25-40-26)22-27-8-5-6-17-43(23-27)36(45)33-24-42(18-19-44(33)37(46)47-31-10-3-2-4-11-31)35-32-15-14-30(38)20-29(32)13-12-28-9-7-16-39-34(28)35/h7,9,14-16,20-21,25,27,31,33,35H,2-6,8,10-13,17-19,22-24H2,1H3/t27?,33-,35?/m1/s1. The molecule has 3 aromatic rings. The molecule has 3 fully saturated rings. The summed E-state index contributed by atoms with van der Waals surface area (Å²) in [6.07, 6.45) is 15.4. The summed E-state index contributed by atoms with van der Waals surface area (Å²) in [6.45, 7) is 5.68. The van der Waals surface area contributed by atoms with Gasteiger partial charge in [0.05, 0.1) is 23.8 Å². The molecule has 0 radical (unpaired) electrons. The lowest BCUT2D eigenvalue weighted by Gasteiger charge is -2.45. The number of halogens is 1. The van der Waals surface area contributed by atoms with Crippen molar-refractivity contribution in [1.29, 1.82) is 0 Å². The van der Waals surface area contributed by atoms with Crippen molar-refractivity contribution < 1.29 is 14.3 Å². The Balaban J connectivity index is 1.18. The first-order valence-electron chi connectivity index (χ1n) is 17.6. The quantitative estimate of drug-likeness (QED) is 0.324. The maximum atomic E-state index is 14.7. The fourth-order valence-electron chi connectivity index (χ4n) is 8.27. The number of benzene rings is 1. The molecule has 0 spiro atoms. The number of hydrogen-bond acceptors (Lipinski definition) is 6. The second-order valence-corrected chi connectivity index (χ2v) is 14.4. The van der Waals surface area contributed by atoms with Crippen LogP contribution in [0.25, 0.3) is 0 Å². The highest BCUT2D eigenvalue weighted by atomic mass is 35.5. The van der Waals surface area contributed by atoms with Gasteiger partial charge >= 0.3 is 6.09 Å². The van der Waals surface area contributed by atoms with Crippen molar-refractivity contribution in [2.24, 2.45) is 5.92 Å². The second-order valence-electron chi connectivity index (χ2n) is 14.0. The average molecular weight is 659 g/mol. The van der Waals surface area contributed by atoms with Crippen molar-refractivity contribution in [1.82, 2.24) is 29.2 Å². The molecule has 2 saturated heterocycles. The zero-order valence-corrected chi connectivity index (χ0v) is 28.3. The molecule has 2 aliphatic carbocycles. The average Bonchev–Trinajstić information content (AvgIpc) is 3.26. The molecule has 10 heteroatoms. The molecule has 7 rings (SSSR count). The van der Waals surface area contributed by atoms with Crippen LogP contribution >= 0.6 is 11.6 Å². The van der Waals surface area contributed by atoms with Gasteiger partial charge in [0.1, 0.15) is 12.1 Å². The minimum Gasteiger partial charge on any atom is -0.446 e. The number of amides is 2. The van der Waals surface area contributed by atoms with Crippen LogP contribution in [0, 0.1) is 12.8 Å². The number of ether oxygens (including phenoxy) is 1. The number of carbonyl (C=O) groups is 2. The van der Waals surface area contributed by atoms with Gasteiger partial charge in [-0.15, -0.1) is 0 Å². The van der Waals surface area contributed by atoms with Crippen LogP contribution in [0.15, 0.2) is 49.1 Å². The molecule has 2 amide bonds. The normalized spacial score (nSPS) is 24.2. The Kier molecular flexibility index (Phi) is 9.82. The number of aryl methyl sites for hydroxylation is 3. The van der Waals surface area contributed by atoms with Gasteiger partial charge in [0.15, 0.2) is 0 Å². The van der Waals surface area contributed by atoms with Crippen molar-refractivity contribution >= 4 is 23.6 Å². The van der Waals surface area contributed by atoms with E-state index in [2.05, 4.69) is 38.8 Å². The van der Waals surface area contributed by atoms with Crippen LogP contribution in [0.4, 0.5) is 4.79 Å². The zero-order valence-electron chi connectivity index (χ0n) is 27.5. The summed E-state index contributed by atoms with van der Waals surface area (Å²) in [5.74, 6) is 0.349. The SMILES string of the molecule is Cc1cn(CC2CCCCN(C(=O)[C@H]3CN(C4c5ccc(Cl)cc5CCc5cccnc54)CCN3C(=O)OC3CCCCC3)C2)cn1. The van der Waals surface area contributed by atoms with E-state index in [9.17, 15) is 9.59 Å². The molecule has 2 unspecified atom stereocenters. The van der Waals surface area contributed by atoms with Gasteiger partial charge in [-0.2, -0.15) is 0 Å². The summed E-state index contributed by atoms with van der Waals surface area (Å²) in [7, 11) is 0. The topological polar surface area (TPSA) is 83.8 Å². The number of aromatic nitrogens is 3. The lowest BCUT2D eigenvalue weighted by molar-refractivity contribution is -0.140. The van der Waals surface area contributed by atoms with Crippen LogP contribution in [0.3, 0.4) is 0 Å². The van der Waals surface area contributed by atoms with Gasteiger partial charge in [-0.1, -0.05) is 36.6 Å². The number of likely N-dealkylation sites (tertiary alicyclic amines) is 1. The van der Waals surface area contributed by atoms with Gasteiger partial charge < -0.3 is 14.2 Å². The Labute approximate surface area is 283 Å². The van der Waals surface area contributed by atoms with E-state index in [-0.39, 0.29) is 24.1 Å². The Morgan fingerprint density at radius 3 is 2.60 bits per heavy atom. The zero-order chi connectivity index (χ0) is 32.3. The van der Waals surface area contributed by atoms with Crippen LogP contribution in [0.1, 0.15) is 85.5 Å². The van der Waals surface area contributed by atoms with E-state index < -0.39 is 6.04 Å². The fourth-order valence-corrected chi connectivity index (χ4v) is 8.47. The number of pyridine rings is 1. The molecule has 9 nitrogen and oxygen atoms in total. The molecule has 250 valence electrons. The Hall–Kier alpha value is -3.43. The molecule has 4 aliphatic rings. The molecule has 2 aromatic heterocycles. The first-order valence-corrected chi connectivity index (χ1v) is 18.0. The van der Waals surface area contributed by atoms with E-state index in [1.807, 2.05) is 36.5 Å². The predicted molar refractivity (Wildman–Crippen MR) is 181 cm³/mol. The summed E-state index contributed by atoms with van der Waals surface area (Å²) in [6, 6.07) is 9.57. The summed E-state index contributed by atoms with van der Waals surface area (Å²) < 4.78 is 8.26. The van der Waals surface area contributed by atoms with Gasteiger partial charge in [0.25, 0.3) is 0 Å². The molecular formula is C37H47ClN6O3. The molecule has 3 atom stereocenters. The summed E-state index contributed by atoms with van der Waals surface area (Å²) in [5, 5.41) is 0.728. The number of hydrogen-bond donors (Lipinski definition) is 0.